The van der Waals surface area contributed by atoms with Crippen LogP contribution in [-0.4, -0.2) is 9.55 Å². The highest BCUT2D eigenvalue weighted by Gasteiger charge is 2.25. The first-order chi connectivity index (χ1) is 9.22. The minimum absolute atomic E-state index is 0.139. The Morgan fingerprint density at radius 1 is 1.42 bits per heavy atom. The second kappa shape index (κ2) is 4.86. The molecule has 19 heavy (non-hydrogen) atoms. The van der Waals surface area contributed by atoms with E-state index in [1.165, 1.54) is 25.7 Å². The number of imidazole rings is 1. The maximum absolute atomic E-state index is 9.21. The molecule has 1 saturated carbocycles. The minimum atomic E-state index is -0.139. The number of benzene rings is 1. The van der Waals surface area contributed by atoms with E-state index in [-0.39, 0.29) is 5.38 Å². The molecule has 0 amide bonds. The van der Waals surface area contributed by atoms with E-state index in [0.717, 1.165) is 16.9 Å². The third kappa shape index (κ3) is 2.01. The molecule has 0 aliphatic heterocycles. The number of nitriles is 1. The van der Waals surface area contributed by atoms with Crippen LogP contribution in [0.4, 0.5) is 0 Å². The van der Waals surface area contributed by atoms with Gasteiger partial charge in [-0.3, -0.25) is 0 Å². The molecule has 0 saturated heterocycles. The molecule has 1 heterocycles. The first-order valence-corrected chi connectivity index (χ1v) is 7.21. The summed E-state index contributed by atoms with van der Waals surface area (Å²) in [6.45, 7) is 1.94. The van der Waals surface area contributed by atoms with Crippen LogP contribution in [0.2, 0.25) is 0 Å². The van der Waals surface area contributed by atoms with E-state index in [0.29, 0.717) is 11.6 Å². The van der Waals surface area contributed by atoms with Gasteiger partial charge in [-0.15, -0.1) is 11.6 Å². The van der Waals surface area contributed by atoms with Gasteiger partial charge in [-0.2, -0.15) is 5.26 Å². The number of aromatic nitrogens is 2. The highest BCUT2D eigenvalue weighted by Crippen LogP contribution is 2.36. The van der Waals surface area contributed by atoms with Crippen molar-refractivity contribution in [1.29, 1.82) is 5.26 Å². The standard InChI is InChI=1S/C15H16ClN3/c1-10(16)15-18-14-11(9-17)5-4-8-13(14)19(15)12-6-2-3-7-12/h4-5,8,10,12H,2-3,6-7H2,1H3. The van der Waals surface area contributed by atoms with Gasteiger partial charge in [-0.25, -0.2) is 4.98 Å². The van der Waals surface area contributed by atoms with Gasteiger partial charge >= 0.3 is 0 Å². The van der Waals surface area contributed by atoms with E-state index < -0.39 is 0 Å². The quantitative estimate of drug-likeness (QED) is 0.765. The Hall–Kier alpha value is -1.53. The molecule has 98 valence electrons. The molecule has 0 radical (unpaired) electrons. The molecule has 3 rings (SSSR count). The van der Waals surface area contributed by atoms with Crippen LogP contribution < -0.4 is 0 Å². The molecule has 1 aliphatic carbocycles. The van der Waals surface area contributed by atoms with Crippen molar-refractivity contribution in [2.45, 2.75) is 44.0 Å². The molecule has 0 N–H and O–H groups in total. The van der Waals surface area contributed by atoms with Gasteiger partial charge in [0.2, 0.25) is 0 Å². The van der Waals surface area contributed by atoms with Crippen LogP contribution in [0.3, 0.4) is 0 Å². The normalized spacial score (nSPS) is 17.7. The Bertz CT molecular complexity index is 645. The predicted molar refractivity (Wildman–Crippen MR) is 76.2 cm³/mol. The van der Waals surface area contributed by atoms with Gasteiger partial charge in [0, 0.05) is 6.04 Å². The molecular weight excluding hydrogens is 258 g/mol. The van der Waals surface area contributed by atoms with Gasteiger partial charge in [0.25, 0.3) is 0 Å². The highest BCUT2D eigenvalue weighted by molar-refractivity contribution is 6.20. The molecular formula is C15H16ClN3. The Morgan fingerprint density at radius 2 is 2.16 bits per heavy atom. The summed E-state index contributed by atoms with van der Waals surface area (Å²) in [5.74, 6) is 0.895. The lowest BCUT2D eigenvalue weighted by atomic mass is 10.2. The summed E-state index contributed by atoms with van der Waals surface area (Å²) < 4.78 is 2.26. The van der Waals surface area contributed by atoms with Gasteiger partial charge in [0.1, 0.15) is 17.4 Å². The average Bonchev–Trinajstić information content (AvgIpc) is 3.04. The lowest BCUT2D eigenvalue weighted by Gasteiger charge is -2.17. The Kier molecular flexibility index (Phi) is 3.20. The molecule has 1 aromatic carbocycles. The summed E-state index contributed by atoms with van der Waals surface area (Å²) in [7, 11) is 0. The molecule has 1 aromatic heterocycles. The number of para-hydroxylation sites is 1. The molecule has 1 unspecified atom stereocenters. The van der Waals surface area contributed by atoms with E-state index in [1.807, 2.05) is 25.1 Å². The number of halogens is 1. The molecule has 1 aliphatic rings. The summed E-state index contributed by atoms with van der Waals surface area (Å²) in [4.78, 5) is 4.64. The molecule has 3 nitrogen and oxygen atoms in total. The third-order valence-electron chi connectivity index (χ3n) is 3.91. The lowest BCUT2D eigenvalue weighted by Crippen LogP contribution is -2.09. The van der Waals surface area contributed by atoms with Crippen LogP contribution in [-0.2, 0) is 0 Å². The van der Waals surface area contributed by atoms with Crippen molar-refractivity contribution >= 4 is 22.6 Å². The van der Waals surface area contributed by atoms with Crippen molar-refractivity contribution in [3.8, 4) is 6.07 Å². The molecule has 0 bridgehead atoms. The van der Waals surface area contributed by atoms with Crippen molar-refractivity contribution in [2.75, 3.05) is 0 Å². The molecule has 0 spiro atoms. The largest absolute Gasteiger partial charge is 0.324 e. The summed E-state index contributed by atoms with van der Waals surface area (Å²) >= 11 is 6.29. The zero-order chi connectivity index (χ0) is 13.4. The topological polar surface area (TPSA) is 41.6 Å². The van der Waals surface area contributed by atoms with Crippen LogP contribution in [0.5, 0.6) is 0 Å². The zero-order valence-electron chi connectivity index (χ0n) is 10.9. The van der Waals surface area contributed by atoms with E-state index >= 15 is 0 Å². The second-order valence-corrected chi connectivity index (χ2v) is 5.83. The summed E-state index contributed by atoms with van der Waals surface area (Å²) in [6.07, 6.45) is 4.88. The maximum Gasteiger partial charge on any atom is 0.128 e. The molecule has 4 heteroatoms. The fourth-order valence-electron chi connectivity index (χ4n) is 3.05. The average molecular weight is 274 g/mol. The summed E-state index contributed by atoms with van der Waals surface area (Å²) in [6, 6.07) is 8.49. The predicted octanol–water partition coefficient (Wildman–Crippen LogP) is 4.32. The first kappa shape index (κ1) is 12.5. The van der Waals surface area contributed by atoms with Gasteiger partial charge in [-0.05, 0) is 31.9 Å². The highest BCUT2D eigenvalue weighted by atomic mass is 35.5. The van der Waals surface area contributed by atoms with Gasteiger partial charge in [0.15, 0.2) is 0 Å². The summed E-state index contributed by atoms with van der Waals surface area (Å²) in [5.41, 5.74) is 2.47. The van der Waals surface area contributed by atoms with Crippen molar-refractivity contribution in [1.82, 2.24) is 9.55 Å². The Balaban J connectivity index is 2.27. The smallest absolute Gasteiger partial charge is 0.128 e. The number of nitrogens with zero attached hydrogens (tertiary/aromatic N) is 3. The van der Waals surface area contributed by atoms with Crippen molar-refractivity contribution in [2.24, 2.45) is 0 Å². The van der Waals surface area contributed by atoms with E-state index in [4.69, 9.17) is 11.6 Å². The van der Waals surface area contributed by atoms with Crippen LogP contribution in [0, 0.1) is 11.3 Å². The third-order valence-corrected chi connectivity index (χ3v) is 4.11. The molecule has 2 aromatic rings. The number of alkyl halides is 1. The Morgan fingerprint density at radius 3 is 2.79 bits per heavy atom. The van der Waals surface area contributed by atoms with Crippen LogP contribution in [0.1, 0.15) is 55.4 Å². The SMILES string of the molecule is CC(Cl)c1nc2c(C#N)cccc2n1C1CCCC1. The van der Waals surface area contributed by atoms with Gasteiger partial charge in [-0.1, -0.05) is 18.9 Å². The number of rotatable bonds is 2. The Labute approximate surface area is 117 Å². The van der Waals surface area contributed by atoms with Crippen molar-refractivity contribution < 1.29 is 0 Å². The zero-order valence-corrected chi connectivity index (χ0v) is 11.7. The van der Waals surface area contributed by atoms with E-state index in [9.17, 15) is 5.26 Å². The van der Waals surface area contributed by atoms with Crippen molar-refractivity contribution in [3.05, 3.63) is 29.6 Å². The van der Waals surface area contributed by atoms with Crippen LogP contribution in [0.15, 0.2) is 18.2 Å². The van der Waals surface area contributed by atoms with Gasteiger partial charge in [0.05, 0.1) is 16.5 Å². The van der Waals surface area contributed by atoms with E-state index in [1.54, 1.807) is 0 Å². The van der Waals surface area contributed by atoms with E-state index in [2.05, 4.69) is 15.6 Å². The fourth-order valence-corrected chi connectivity index (χ4v) is 3.21. The van der Waals surface area contributed by atoms with Crippen LogP contribution in [0.25, 0.3) is 11.0 Å². The number of hydrogen-bond acceptors (Lipinski definition) is 2. The maximum atomic E-state index is 9.21. The second-order valence-electron chi connectivity index (χ2n) is 5.18. The summed E-state index contributed by atoms with van der Waals surface area (Å²) in [5, 5.41) is 9.07. The van der Waals surface area contributed by atoms with Gasteiger partial charge < -0.3 is 4.57 Å². The number of hydrogen-bond donors (Lipinski definition) is 0. The monoisotopic (exact) mass is 273 g/mol. The molecule has 1 fully saturated rings. The number of fused-ring (bicyclic) bond motifs is 1. The molecule has 1 atom stereocenters. The van der Waals surface area contributed by atoms with Crippen LogP contribution >= 0.6 is 11.6 Å². The lowest BCUT2D eigenvalue weighted by molar-refractivity contribution is 0.510. The fraction of sp³-hybridized carbons (Fsp3) is 0.467. The van der Waals surface area contributed by atoms with Crippen molar-refractivity contribution in [3.63, 3.8) is 0 Å². The minimum Gasteiger partial charge on any atom is -0.324 e. The first-order valence-electron chi connectivity index (χ1n) is 6.77.